The molecule has 1 unspecified atom stereocenters. The van der Waals surface area contributed by atoms with Crippen molar-refractivity contribution in [3.8, 4) is 11.6 Å². The van der Waals surface area contributed by atoms with E-state index >= 15 is 0 Å². The molecule has 0 spiro atoms. The first kappa shape index (κ1) is 30.0. The monoisotopic (exact) mass is 657 g/mol. The van der Waals surface area contributed by atoms with Crippen LogP contribution in [0.5, 0.6) is 0 Å². The minimum absolute atomic E-state index is 0.104. The SMILES string of the molecule is CNC(=O)c1ccc(-n2c(-n3nc(C)cc3C)nc3c(c2=O)CC(C)N(C(=O)c2ccc(Br)c(C(F)(F)F)c2)C3)cc1N. The molecular weight excluding hydrogens is 631 g/mol. The summed E-state index contributed by atoms with van der Waals surface area (Å²) < 4.78 is 43.3. The van der Waals surface area contributed by atoms with Gasteiger partial charge in [-0.05, 0) is 69.7 Å². The molecule has 224 valence electrons. The summed E-state index contributed by atoms with van der Waals surface area (Å²) in [6.45, 7) is 5.20. The van der Waals surface area contributed by atoms with E-state index in [-0.39, 0.29) is 46.1 Å². The van der Waals surface area contributed by atoms with Gasteiger partial charge in [0.2, 0.25) is 5.95 Å². The van der Waals surface area contributed by atoms with Crippen LogP contribution in [0.15, 0.2) is 51.7 Å². The van der Waals surface area contributed by atoms with E-state index in [0.29, 0.717) is 28.3 Å². The van der Waals surface area contributed by atoms with Crippen LogP contribution in [0.3, 0.4) is 0 Å². The number of anilines is 1. The van der Waals surface area contributed by atoms with Crippen LogP contribution in [-0.4, -0.2) is 49.1 Å². The van der Waals surface area contributed by atoms with E-state index in [0.717, 1.165) is 6.07 Å². The third-order valence-electron chi connectivity index (χ3n) is 7.34. The molecule has 43 heavy (non-hydrogen) atoms. The standard InChI is InChI=1S/C29H27BrF3N7O3/c1-14-9-16(3)40(37-14)28-36-24-13-38(26(42)17-5-8-22(30)21(11-17)29(31,32)33)15(2)10-20(24)27(43)39(28)18-6-7-19(23(34)12-18)25(41)35-4/h5-9,11-12,15H,10,13,34H2,1-4H3,(H,35,41). The number of benzene rings is 2. The molecule has 1 aliphatic rings. The highest BCUT2D eigenvalue weighted by Gasteiger charge is 2.36. The van der Waals surface area contributed by atoms with Crippen LogP contribution in [0.2, 0.25) is 0 Å². The number of amides is 2. The average molecular weight is 658 g/mol. The number of nitrogen functional groups attached to an aromatic ring is 1. The zero-order valence-electron chi connectivity index (χ0n) is 23.6. The molecule has 2 amide bonds. The second-order valence-corrected chi connectivity index (χ2v) is 11.2. The number of aromatic nitrogens is 4. The molecule has 10 nitrogen and oxygen atoms in total. The van der Waals surface area contributed by atoms with Gasteiger partial charge in [-0.1, -0.05) is 15.9 Å². The molecule has 0 aliphatic carbocycles. The molecule has 0 fully saturated rings. The smallest absolute Gasteiger partial charge is 0.398 e. The molecule has 1 aliphatic heterocycles. The Morgan fingerprint density at radius 3 is 2.44 bits per heavy atom. The normalized spacial score (nSPS) is 14.9. The minimum Gasteiger partial charge on any atom is -0.398 e. The zero-order valence-corrected chi connectivity index (χ0v) is 25.2. The first-order chi connectivity index (χ1) is 20.2. The van der Waals surface area contributed by atoms with Gasteiger partial charge in [0, 0.05) is 40.1 Å². The fraction of sp³-hybridized carbons (Fsp3) is 0.276. The van der Waals surface area contributed by atoms with Crippen molar-refractivity contribution in [2.75, 3.05) is 12.8 Å². The Kier molecular flexibility index (Phi) is 7.67. The summed E-state index contributed by atoms with van der Waals surface area (Å²) in [5.74, 6) is -0.871. The molecule has 2 aromatic carbocycles. The van der Waals surface area contributed by atoms with E-state index in [1.165, 1.54) is 45.5 Å². The molecule has 0 bridgehead atoms. The summed E-state index contributed by atoms with van der Waals surface area (Å²) >= 11 is 2.91. The predicted molar refractivity (Wildman–Crippen MR) is 156 cm³/mol. The number of aryl methyl sites for hydroxylation is 2. The largest absolute Gasteiger partial charge is 0.417 e. The predicted octanol–water partition coefficient (Wildman–Crippen LogP) is 4.35. The molecule has 0 saturated heterocycles. The highest BCUT2D eigenvalue weighted by molar-refractivity contribution is 9.10. The fourth-order valence-corrected chi connectivity index (χ4v) is 5.67. The first-order valence-corrected chi connectivity index (χ1v) is 14.0. The summed E-state index contributed by atoms with van der Waals surface area (Å²) in [5, 5.41) is 7.02. The number of nitrogens with one attached hydrogen (secondary N) is 1. The van der Waals surface area contributed by atoms with E-state index in [9.17, 15) is 27.6 Å². The molecule has 14 heteroatoms. The van der Waals surface area contributed by atoms with Crippen molar-refractivity contribution >= 4 is 33.4 Å². The highest BCUT2D eigenvalue weighted by Crippen LogP contribution is 2.36. The van der Waals surface area contributed by atoms with Gasteiger partial charge in [-0.2, -0.15) is 18.3 Å². The van der Waals surface area contributed by atoms with Gasteiger partial charge in [-0.25, -0.2) is 14.2 Å². The number of nitrogens with two attached hydrogens (primary N) is 1. The Bertz CT molecular complexity index is 1850. The van der Waals surface area contributed by atoms with Crippen molar-refractivity contribution in [2.24, 2.45) is 0 Å². The third-order valence-corrected chi connectivity index (χ3v) is 8.03. The van der Waals surface area contributed by atoms with Crippen molar-refractivity contribution < 1.29 is 22.8 Å². The van der Waals surface area contributed by atoms with E-state index in [1.54, 1.807) is 26.8 Å². The van der Waals surface area contributed by atoms with E-state index in [4.69, 9.17) is 10.7 Å². The van der Waals surface area contributed by atoms with Crippen LogP contribution < -0.4 is 16.6 Å². The maximum absolute atomic E-state index is 14.1. The van der Waals surface area contributed by atoms with E-state index < -0.39 is 29.2 Å². The summed E-state index contributed by atoms with van der Waals surface area (Å²) in [6, 6.07) is 9.21. The van der Waals surface area contributed by atoms with Crippen molar-refractivity contribution in [1.29, 1.82) is 0 Å². The van der Waals surface area contributed by atoms with E-state index in [1.807, 2.05) is 6.07 Å². The average Bonchev–Trinajstić information content (AvgIpc) is 3.29. The van der Waals surface area contributed by atoms with Crippen LogP contribution in [0.4, 0.5) is 18.9 Å². The second kappa shape index (κ2) is 11.0. The summed E-state index contributed by atoms with van der Waals surface area (Å²) in [6.07, 6.45) is -4.54. The van der Waals surface area contributed by atoms with E-state index in [2.05, 4.69) is 26.3 Å². The van der Waals surface area contributed by atoms with Crippen LogP contribution in [0.1, 0.15) is 55.8 Å². The lowest BCUT2D eigenvalue weighted by Crippen LogP contribution is -2.46. The van der Waals surface area contributed by atoms with Gasteiger partial charge in [0.25, 0.3) is 17.4 Å². The number of fused-ring (bicyclic) bond motifs is 1. The number of nitrogens with zero attached hydrogens (tertiary/aromatic N) is 5. The number of hydrogen-bond donors (Lipinski definition) is 2. The van der Waals surface area contributed by atoms with Gasteiger partial charge >= 0.3 is 6.18 Å². The number of carbonyl (C=O) groups is 2. The maximum atomic E-state index is 14.1. The molecule has 2 aromatic heterocycles. The topological polar surface area (TPSA) is 128 Å². The number of halogens is 4. The lowest BCUT2D eigenvalue weighted by Gasteiger charge is -2.34. The summed E-state index contributed by atoms with van der Waals surface area (Å²) in [5.41, 5.74) is 7.43. The van der Waals surface area contributed by atoms with Crippen LogP contribution in [0.25, 0.3) is 11.6 Å². The van der Waals surface area contributed by atoms with Crippen molar-refractivity contribution in [2.45, 2.75) is 46.0 Å². The molecule has 0 saturated carbocycles. The Labute approximate surface area is 252 Å². The minimum atomic E-state index is -4.65. The molecule has 0 radical (unpaired) electrons. The Morgan fingerprint density at radius 1 is 1.12 bits per heavy atom. The van der Waals surface area contributed by atoms with Crippen molar-refractivity contribution in [1.82, 2.24) is 29.5 Å². The molecule has 3 heterocycles. The van der Waals surface area contributed by atoms with Crippen molar-refractivity contribution in [3.05, 3.63) is 96.6 Å². The number of hydrogen-bond acceptors (Lipinski definition) is 6. The Balaban J connectivity index is 1.64. The number of alkyl halides is 3. The highest BCUT2D eigenvalue weighted by atomic mass is 79.9. The molecule has 3 N–H and O–H groups in total. The summed E-state index contributed by atoms with van der Waals surface area (Å²) in [4.78, 5) is 46.0. The number of rotatable bonds is 4. The van der Waals surface area contributed by atoms with Crippen molar-refractivity contribution in [3.63, 3.8) is 0 Å². The third kappa shape index (κ3) is 5.42. The molecular formula is C29H27BrF3N7O3. The Hall–Kier alpha value is -4.46. The maximum Gasteiger partial charge on any atom is 0.417 e. The Morgan fingerprint density at radius 2 is 1.84 bits per heavy atom. The van der Waals surface area contributed by atoms with Gasteiger partial charge < -0.3 is 16.0 Å². The zero-order chi connectivity index (χ0) is 31.4. The fourth-order valence-electron chi connectivity index (χ4n) is 5.20. The van der Waals surface area contributed by atoms with Gasteiger partial charge in [-0.15, -0.1) is 0 Å². The second-order valence-electron chi connectivity index (χ2n) is 10.3. The molecule has 1 atom stereocenters. The molecule has 4 aromatic rings. The van der Waals surface area contributed by atoms with Crippen LogP contribution in [-0.2, 0) is 19.1 Å². The lowest BCUT2D eigenvalue weighted by atomic mass is 9.98. The quantitative estimate of drug-likeness (QED) is 0.314. The van der Waals surface area contributed by atoms with Crippen LogP contribution in [0, 0.1) is 13.8 Å². The summed E-state index contributed by atoms with van der Waals surface area (Å²) in [7, 11) is 1.48. The number of carbonyl (C=O) groups excluding carboxylic acids is 2. The molecule has 5 rings (SSSR count). The van der Waals surface area contributed by atoms with Gasteiger partial charge in [-0.3, -0.25) is 14.4 Å². The lowest BCUT2D eigenvalue weighted by molar-refractivity contribution is -0.138. The van der Waals surface area contributed by atoms with Crippen LogP contribution >= 0.6 is 15.9 Å². The van der Waals surface area contributed by atoms with Gasteiger partial charge in [0.1, 0.15) is 0 Å². The van der Waals surface area contributed by atoms with Gasteiger partial charge in [0.05, 0.1) is 34.7 Å². The first-order valence-electron chi connectivity index (χ1n) is 13.2. The van der Waals surface area contributed by atoms with Gasteiger partial charge in [0.15, 0.2) is 0 Å².